The Kier molecular flexibility index (Phi) is 5.74. The molecule has 0 amide bonds. The summed E-state index contributed by atoms with van der Waals surface area (Å²) in [5.74, 6) is 0.191. The van der Waals surface area contributed by atoms with Gasteiger partial charge in [0.1, 0.15) is 10.6 Å². The Morgan fingerprint density at radius 2 is 2.04 bits per heavy atom. The number of benzene rings is 1. The van der Waals surface area contributed by atoms with Gasteiger partial charge in [0.2, 0.25) is 20.0 Å². The minimum atomic E-state index is -3.86. The maximum atomic E-state index is 12.9. The van der Waals surface area contributed by atoms with Gasteiger partial charge >= 0.3 is 0 Å². The van der Waals surface area contributed by atoms with Gasteiger partial charge in [0.25, 0.3) is 0 Å². The molecule has 1 aromatic rings. The van der Waals surface area contributed by atoms with Gasteiger partial charge in [0, 0.05) is 25.2 Å². The Labute approximate surface area is 143 Å². The topological polar surface area (TPSA) is 119 Å². The third kappa shape index (κ3) is 4.18. The van der Waals surface area contributed by atoms with Crippen LogP contribution in [0.5, 0.6) is 5.75 Å². The molecule has 0 saturated carbocycles. The number of rotatable bonds is 6. The zero-order valence-corrected chi connectivity index (χ0v) is 15.4. The quantitative estimate of drug-likeness (QED) is 0.748. The average Bonchev–Trinajstić information content (AvgIpc) is 2.54. The molecule has 1 atom stereocenters. The van der Waals surface area contributed by atoms with Crippen LogP contribution < -0.4 is 15.2 Å². The summed E-state index contributed by atoms with van der Waals surface area (Å²) in [6, 6.07) is 3.98. The van der Waals surface area contributed by atoms with Gasteiger partial charge in [-0.15, -0.1) is 0 Å². The van der Waals surface area contributed by atoms with Crippen molar-refractivity contribution in [3.8, 4) is 5.75 Å². The second kappa shape index (κ2) is 7.26. The molecular formula is C14H23N3O5S2. The molecule has 10 heteroatoms. The Morgan fingerprint density at radius 3 is 2.62 bits per heavy atom. The summed E-state index contributed by atoms with van der Waals surface area (Å²) in [7, 11) is -6.07. The highest BCUT2D eigenvalue weighted by Gasteiger charge is 2.31. The number of nitrogens with two attached hydrogens (primary N) is 1. The zero-order chi connectivity index (χ0) is 18.0. The number of piperidine rings is 1. The highest BCUT2D eigenvalue weighted by molar-refractivity contribution is 7.93. The first kappa shape index (κ1) is 19.0. The van der Waals surface area contributed by atoms with Crippen molar-refractivity contribution >= 4 is 25.7 Å². The molecular weight excluding hydrogens is 354 g/mol. The van der Waals surface area contributed by atoms with Gasteiger partial charge < -0.3 is 10.5 Å². The van der Waals surface area contributed by atoms with Crippen molar-refractivity contribution in [2.24, 2.45) is 5.73 Å². The van der Waals surface area contributed by atoms with E-state index in [1.807, 2.05) is 0 Å². The lowest BCUT2D eigenvalue weighted by Crippen LogP contribution is -2.45. The van der Waals surface area contributed by atoms with Crippen molar-refractivity contribution in [1.29, 1.82) is 0 Å². The largest absolute Gasteiger partial charge is 0.497 e. The number of anilines is 1. The van der Waals surface area contributed by atoms with Crippen LogP contribution in [0.2, 0.25) is 0 Å². The second-order valence-corrected chi connectivity index (χ2v) is 9.55. The van der Waals surface area contributed by atoms with Crippen molar-refractivity contribution in [3.05, 3.63) is 18.2 Å². The first-order valence-corrected chi connectivity index (χ1v) is 10.7. The summed E-state index contributed by atoms with van der Waals surface area (Å²) in [6.45, 7) is 2.05. The van der Waals surface area contributed by atoms with Gasteiger partial charge in [-0.05, 0) is 31.9 Å². The third-order valence-electron chi connectivity index (χ3n) is 3.87. The van der Waals surface area contributed by atoms with E-state index in [-0.39, 0.29) is 28.9 Å². The van der Waals surface area contributed by atoms with Crippen molar-refractivity contribution in [1.82, 2.24) is 4.31 Å². The van der Waals surface area contributed by atoms with Crippen molar-refractivity contribution in [2.45, 2.75) is 30.7 Å². The molecule has 1 fully saturated rings. The Hall–Kier alpha value is -1.36. The van der Waals surface area contributed by atoms with E-state index in [1.165, 1.54) is 36.5 Å². The van der Waals surface area contributed by atoms with E-state index in [2.05, 4.69) is 4.72 Å². The van der Waals surface area contributed by atoms with E-state index in [0.29, 0.717) is 18.7 Å². The van der Waals surface area contributed by atoms with Crippen LogP contribution in [0.1, 0.15) is 19.8 Å². The summed E-state index contributed by atoms with van der Waals surface area (Å²) in [6.07, 6.45) is 1.44. The van der Waals surface area contributed by atoms with E-state index < -0.39 is 20.0 Å². The van der Waals surface area contributed by atoms with E-state index >= 15 is 0 Å². The third-order valence-corrected chi connectivity index (χ3v) is 7.08. The molecule has 1 aliphatic rings. The van der Waals surface area contributed by atoms with Crippen LogP contribution in [-0.2, 0) is 20.0 Å². The number of ether oxygens (including phenoxy) is 1. The van der Waals surface area contributed by atoms with Gasteiger partial charge in [0.05, 0.1) is 18.6 Å². The highest BCUT2D eigenvalue weighted by Crippen LogP contribution is 2.30. The Bertz CT molecular complexity index is 793. The van der Waals surface area contributed by atoms with Crippen LogP contribution in [0.3, 0.4) is 0 Å². The fourth-order valence-corrected chi connectivity index (χ4v) is 4.89. The Balaban J connectivity index is 2.48. The van der Waals surface area contributed by atoms with E-state index in [9.17, 15) is 16.8 Å². The van der Waals surface area contributed by atoms with Crippen molar-refractivity contribution < 1.29 is 21.6 Å². The number of nitrogens with one attached hydrogen (secondary N) is 1. The Morgan fingerprint density at radius 1 is 1.33 bits per heavy atom. The smallest absolute Gasteiger partial charge is 0.245 e. The number of sulfonamides is 2. The predicted octanol–water partition coefficient (Wildman–Crippen LogP) is 0.569. The van der Waals surface area contributed by atoms with Gasteiger partial charge in [-0.1, -0.05) is 0 Å². The molecule has 0 bridgehead atoms. The summed E-state index contributed by atoms with van der Waals surface area (Å²) < 4.78 is 58.3. The molecule has 24 heavy (non-hydrogen) atoms. The molecule has 2 rings (SSSR count). The summed E-state index contributed by atoms with van der Waals surface area (Å²) in [5, 5.41) is 0. The minimum absolute atomic E-state index is 0.0182. The molecule has 0 radical (unpaired) electrons. The van der Waals surface area contributed by atoms with Gasteiger partial charge in [-0.3, -0.25) is 4.72 Å². The highest BCUT2D eigenvalue weighted by atomic mass is 32.2. The van der Waals surface area contributed by atoms with E-state index in [4.69, 9.17) is 10.5 Å². The van der Waals surface area contributed by atoms with E-state index in [1.54, 1.807) is 0 Å². The number of nitrogens with zero attached hydrogens (tertiary/aromatic N) is 1. The molecule has 1 heterocycles. The standard InChI is InChI=1S/C14H23N3O5S2/c1-3-23(18,19)16-13-9-12(22-2)6-7-14(13)24(20,21)17-8-4-5-11(15)10-17/h6-7,9,11,16H,3-5,8,10,15H2,1-2H3. The summed E-state index contributed by atoms with van der Waals surface area (Å²) in [4.78, 5) is -0.102. The molecule has 1 aromatic carbocycles. The lowest BCUT2D eigenvalue weighted by molar-refractivity contribution is 0.316. The van der Waals surface area contributed by atoms with Crippen LogP contribution in [0.4, 0.5) is 5.69 Å². The van der Waals surface area contributed by atoms with Crippen molar-refractivity contribution in [2.75, 3.05) is 30.7 Å². The molecule has 0 aliphatic carbocycles. The molecule has 0 spiro atoms. The minimum Gasteiger partial charge on any atom is -0.497 e. The fraction of sp³-hybridized carbons (Fsp3) is 0.571. The number of methoxy groups -OCH3 is 1. The average molecular weight is 377 g/mol. The number of hydrogen-bond donors (Lipinski definition) is 2. The maximum absolute atomic E-state index is 12.9. The molecule has 136 valence electrons. The maximum Gasteiger partial charge on any atom is 0.245 e. The fourth-order valence-electron chi connectivity index (χ4n) is 2.51. The first-order valence-electron chi connectivity index (χ1n) is 7.64. The molecule has 1 aliphatic heterocycles. The molecule has 0 aromatic heterocycles. The molecule has 1 unspecified atom stereocenters. The van der Waals surface area contributed by atoms with Crippen LogP contribution in [0, 0.1) is 0 Å². The van der Waals surface area contributed by atoms with Crippen LogP contribution in [0.25, 0.3) is 0 Å². The van der Waals surface area contributed by atoms with Gasteiger partial charge in [0.15, 0.2) is 0 Å². The lowest BCUT2D eigenvalue weighted by atomic mass is 10.1. The molecule has 3 N–H and O–H groups in total. The molecule has 8 nitrogen and oxygen atoms in total. The zero-order valence-electron chi connectivity index (χ0n) is 13.7. The molecule has 1 saturated heterocycles. The lowest BCUT2D eigenvalue weighted by Gasteiger charge is -2.30. The SMILES string of the molecule is CCS(=O)(=O)Nc1cc(OC)ccc1S(=O)(=O)N1CCCC(N)C1. The second-order valence-electron chi connectivity index (χ2n) is 5.63. The van der Waals surface area contributed by atoms with Crippen LogP contribution in [-0.4, -0.2) is 53.1 Å². The first-order chi connectivity index (χ1) is 11.2. The normalized spacial score (nSPS) is 19.9. The van der Waals surface area contributed by atoms with Crippen LogP contribution >= 0.6 is 0 Å². The van der Waals surface area contributed by atoms with Gasteiger partial charge in [-0.2, -0.15) is 4.31 Å². The monoisotopic (exact) mass is 377 g/mol. The predicted molar refractivity (Wildman–Crippen MR) is 92.0 cm³/mol. The summed E-state index contributed by atoms with van der Waals surface area (Å²) >= 11 is 0. The number of hydrogen-bond acceptors (Lipinski definition) is 6. The van der Waals surface area contributed by atoms with Crippen molar-refractivity contribution in [3.63, 3.8) is 0 Å². The van der Waals surface area contributed by atoms with Gasteiger partial charge in [-0.25, -0.2) is 16.8 Å². The van der Waals surface area contributed by atoms with Crippen LogP contribution in [0.15, 0.2) is 23.1 Å². The van der Waals surface area contributed by atoms with E-state index in [0.717, 1.165) is 6.42 Å². The summed E-state index contributed by atoms with van der Waals surface area (Å²) in [5.41, 5.74) is 5.85.